The number of hydrogen-bond acceptors (Lipinski definition) is 7. The van der Waals surface area contributed by atoms with Crippen LogP contribution in [0.15, 0.2) is 24.5 Å². The molecule has 0 saturated heterocycles. The summed E-state index contributed by atoms with van der Waals surface area (Å²) in [5.74, 6) is 0.475. The van der Waals surface area contributed by atoms with Gasteiger partial charge in [-0.25, -0.2) is 0 Å². The summed E-state index contributed by atoms with van der Waals surface area (Å²) in [6.45, 7) is 2.78. The monoisotopic (exact) mass is 307 g/mol. The van der Waals surface area contributed by atoms with E-state index in [1.807, 2.05) is 31.1 Å². The molecule has 1 atom stereocenters. The lowest BCUT2D eigenvalue weighted by molar-refractivity contribution is 0.0460. The Bertz CT molecular complexity index is 582. The van der Waals surface area contributed by atoms with Crippen LogP contribution in [0.4, 0.5) is 10.8 Å². The molecule has 2 heterocycles. The minimum absolute atomic E-state index is 0.417. The van der Waals surface area contributed by atoms with E-state index in [1.165, 1.54) is 11.5 Å². The summed E-state index contributed by atoms with van der Waals surface area (Å²) in [7, 11) is 3.86. The predicted octanol–water partition coefficient (Wildman–Crippen LogP) is 1.51. The van der Waals surface area contributed by atoms with Crippen LogP contribution in [0.3, 0.4) is 0 Å². The van der Waals surface area contributed by atoms with Crippen molar-refractivity contribution >= 4 is 22.4 Å². The van der Waals surface area contributed by atoms with E-state index in [1.54, 1.807) is 19.3 Å². The van der Waals surface area contributed by atoms with Gasteiger partial charge in [0.25, 0.3) is 0 Å². The van der Waals surface area contributed by atoms with Crippen molar-refractivity contribution < 1.29 is 5.11 Å². The lowest BCUT2D eigenvalue weighted by Gasteiger charge is -2.27. The second kappa shape index (κ2) is 6.38. The molecule has 21 heavy (non-hydrogen) atoms. The smallest absolute Gasteiger partial charge is 0.147 e. The van der Waals surface area contributed by atoms with E-state index in [-0.39, 0.29) is 0 Å². The Balaban J connectivity index is 2.16. The second-order valence-electron chi connectivity index (χ2n) is 5.60. The summed E-state index contributed by atoms with van der Waals surface area (Å²) in [6, 6.07) is 3.80. The zero-order valence-electron chi connectivity index (χ0n) is 12.5. The minimum Gasteiger partial charge on any atom is -0.387 e. The molecule has 0 radical (unpaired) electrons. The van der Waals surface area contributed by atoms with E-state index < -0.39 is 5.60 Å². The maximum absolute atomic E-state index is 10.4. The molecule has 0 bridgehead atoms. The number of likely N-dealkylation sites (N-methyl/N-ethyl adjacent to an activating group) is 1. The van der Waals surface area contributed by atoms with Crippen molar-refractivity contribution in [2.24, 2.45) is 0 Å². The Morgan fingerprint density at radius 3 is 2.86 bits per heavy atom. The number of aliphatic hydroxyl groups is 1. The van der Waals surface area contributed by atoms with Crippen LogP contribution in [0.2, 0.25) is 0 Å². The summed E-state index contributed by atoms with van der Waals surface area (Å²) < 4.78 is 4.19. The minimum atomic E-state index is -0.839. The number of nitrogens with zero attached hydrogens (tertiary/aromatic N) is 3. The van der Waals surface area contributed by atoms with E-state index in [9.17, 15) is 5.11 Å². The molecule has 2 aromatic heterocycles. The highest BCUT2D eigenvalue weighted by atomic mass is 32.1. The number of pyridine rings is 1. The molecule has 114 valence electrons. The van der Waals surface area contributed by atoms with Gasteiger partial charge in [0.05, 0.1) is 11.2 Å². The standard InChI is InChI=1S/C14H21N5OS/c1-14(20,9-19(2)3)8-17-13-11(12(15)18-21-13)10-5-4-6-16-7-10/h4-7,17,20H,8-9H2,1-3H3,(H2,15,18). The molecular formula is C14H21N5OS. The summed E-state index contributed by atoms with van der Waals surface area (Å²) in [6.07, 6.45) is 3.47. The number of nitrogens with two attached hydrogens (primary N) is 1. The van der Waals surface area contributed by atoms with Crippen molar-refractivity contribution in [1.29, 1.82) is 0 Å². The lowest BCUT2D eigenvalue weighted by atomic mass is 10.1. The fraction of sp³-hybridized carbons (Fsp3) is 0.429. The Hall–Kier alpha value is -1.70. The fourth-order valence-corrected chi connectivity index (χ4v) is 2.95. The normalized spacial score (nSPS) is 14.1. The number of aromatic nitrogens is 2. The van der Waals surface area contributed by atoms with Crippen molar-refractivity contribution in [3.05, 3.63) is 24.5 Å². The molecule has 0 amide bonds. The summed E-state index contributed by atoms with van der Waals surface area (Å²) >= 11 is 1.29. The molecule has 6 nitrogen and oxygen atoms in total. The Morgan fingerprint density at radius 2 is 2.24 bits per heavy atom. The Labute approximate surface area is 128 Å². The Kier molecular flexibility index (Phi) is 4.76. The van der Waals surface area contributed by atoms with Gasteiger partial charge in [-0.3, -0.25) is 4.98 Å². The highest BCUT2D eigenvalue weighted by molar-refractivity contribution is 7.11. The fourth-order valence-electron chi connectivity index (χ4n) is 2.22. The molecule has 0 fully saturated rings. The number of nitrogens with one attached hydrogen (secondary N) is 1. The zero-order chi connectivity index (χ0) is 15.5. The van der Waals surface area contributed by atoms with Gasteiger partial charge in [0, 0.05) is 31.0 Å². The van der Waals surface area contributed by atoms with Crippen molar-refractivity contribution in [2.45, 2.75) is 12.5 Å². The van der Waals surface area contributed by atoms with Crippen molar-refractivity contribution in [1.82, 2.24) is 14.3 Å². The average Bonchev–Trinajstić information content (AvgIpc) is 2.77. The molecule has 1 unspecified atom stereocenters. The van der Waals surface area contributed by atoms with Crippen LogP contribution in [-0.4, -0.2) is 52.1 Å². The third-order valence-electron chi connectivity index (χ3n) is 2.96. The van der Waals surface area contributed by atoms with Gasteiger partial charge in [-0.15, -0.1) is 0 Å². The molecule has 2 aromatic rings. The Morgan fingerprint density at radius 1 is 1.48 bits per heavy atom. The van der Waals surface area contributed by atoms with Gasteiger partial charge in [0.2, 0.25) is 0 Å². The van der Waals surface area contributed by atoms with Crippen molar-refractivity contribution in [3.8, 4) is 11.1 Å². The summed E-state index contributed by atoms with van der Waals surface area (Å²) in [5, 5.41) is 14.4. The molecule has 0 spiro atoms. The molecule has 0 saturated carbocycles. The molecular weight excluding hydrogens is 286 g/mol. The van der Waals surface area contributed by atoms with Crippen LogP contribution in [-0.2, 0) is 0 Å². The first-order chi connectivity index (χ1) is 9.89. The number of anilines is 2. The van der Waals surface area contributed by atoms with E-state index >= 15 is 0 Å². The molecule has 4 N–H and O–H groups in total. The number of rotatable bonds is 6. The van der Waals surface area contributed by atoms with E-state index in [2.05, 4.69) is 14.7 Å². The topological polar surface area (TPSA) is 87.3 Å². The third-order valence-corrected chi connectivity index (χ3v) is 3.77. The van der Waals surface area contributed by atoms with Crippen LogP contribution in [0.25, 0.3) is 11.1 Å². The van der Waals surface area contributed by atoms with Crippen LogP contribution in [0.5, 0.6) is 0 Å². The largest absolute Gasteiger partial charge is 0.387 e. The van der Waals surface area contributed by atoms with E-state index in [0.717, 1.165) is 16.1 Å². The molecule has 2 rings (SSSR count). The van der Waals surface area contributed by atoms with Crippen LogP contribution < -0.4 is 11.1 Å². The van der Waals surface area contributed by atoms with Crippen molar-refractivity contribution in [2.75, 3.05) is 38.2 Å². The molecule has 0 aliphatic heterocycles. The zero-order valence-corrected chi connectivity index (χ0v) is 13.3. The third kappa shape index (κ3) is 4.13. The van der Waals surface area contributed by atoms with Gasteiger partial charge in [0.15, 0.2) is 0 Å². The lowest BCUT2D eigenvalue weighted by Crippen LogP contribution is -2.42. The molecule has 7 heteroatoms. The first kappa shape index (κ1) is 15.7. The first-order valence-corrected chi connectivity index (χ1v) is 7.43. The number of hydrogen-bond donors (Lipinski definition) is 3. The van der Waals surface area contributed by atoms with Crippen LogP contribution in [0.1, 0.15) is 6.92 Å². The SMILES string of the molecule is CN(C)CC(C)(O)CNc1snc(N)c1-c1cccnc1. The second-order valence-corrected chi connectivity index (χ2v) is 6.38. The maximum Gasteiger partial charge on any atom is 0.147 e. The number of nitrogen functional groups attached to an aromatic ring is 1. The molecule has 0 aliphatic rings. The quantitative estimate of drug-likeness (QED) is 0.750. The van der Waals surface area contributed by atoms with E-state index in [0.29, 0.717) is 18.9 Å². The molecule has 0 aliphatic carbocycles. The molecule has 0 aromatic carbocycles. The van der Waals surface area contributed by atoms with Gasteiger partial charge in [-0.05, 0) is 38.6 Å². The highest BCUT2D eigenvalue weighted by Gasteiger charge is 2.23. The van der Waals surface area contributed by atoms with Crippen molar-refractivity contribution in [3.63, 3.8) is 0 Å². The highest BCUT2D eigenvalue weighted by Crippen LogP contribution is 2.36. The summed E-state index contributed by atoms with van der Waals surface area (Å²) in [4.78, 5) is 6.06. The van der Waals surface area contributed by atoms with Gasteiger partial charge >= 0.3 is 0 Å². The van der Waals surface area contributed by atoms with Gasteiger partial charge < -0.3 is 21.1 Å². The average molecular weight is 307 g/mol. The first-order valence-electron chi connectivity index (χ1n) is 6.65. The summed E-state index contributed by atoms with van der Waals surface area (Å²) in [5.41, 5.74) is 6.87. The predicted molar refractivity (Wildman–Crippen MR) is 87.4 cm³/mol. The van der Waals surface area contributed by atoms with Gasteiger partial charge in [0.1, 0.15) is 10.8 Å². The van der Waals surface area contributed by atoms with Crippen LogP contribution in [0, 0.1) is 0 Å². The van der Waals surface area contributed by atoms with E-state index in [4.69, 9.17) is 5.73 Å². The van der Waals surface area contributed by atoms with Crippen LogP contribution >= 0.6 is 11.5 Å². The van der Waals surface area contributed by atoms with Gasteiger partial charge in [-0.2, -0.15) is 4.37 Å². The maximum atomic E-state index is 10.4. The van der Waals surface area contributed by atoms with Gasteiger partial charge in [-0.1, -0.05) is 6.07 Å².